The van der Waals surface area contributed by atoms with Crippen LogP contribution in [0, 0.1) is 0 Å². The number of benzene rings is 1. The summed E-state index contributed by atoms with van der Waals surface area (Å²) >= 11 is 0. The number of hydrogen-bond donors (Lipinski definition) is 5. The third-order valence-electron chi connectivity index (χ3n) is 3.36. The average molecular weight is 623 g/mol. The highest BCUT2D eigenvalue weighted by Gasteiger charge is 2.24. The van der Waals surface area contributed by atoms with Gasteiger partial charge in [0.15, 0.2) is 0 Å². The van der Waals surface area contributed by atoms with E-state index in [0.29, 0.717) is 0 Å². The van der Waals surface area contributed by atoms with Gasteiger partial charge in [-0.05, 0) is 18.2 Å². The summed E-state index contributed by atoms with van der Waals surface area (Å²) in [6.07, 6.45) is -3.77. The van der Waals surface area contributed by atoms with Crippen LogP contribution < -0.4 is 9.47 Å². The van der Waals surface area contributed by atoms with E-state index < -0.39 is 97.5 Å². The minimum atomic E-state index is -5.18. The van der Waals surface area contributed by atoms with Gasteiger partial charge in [0.1, 0.15) is 42.5 Å². The lowest BCUT2D eigenvalue weighted by Gasteiger charge is -2.18. The second-order valence-electron chi connectivity index (χ2n) is 6.30. The van der Waals surface area contributed by atoms with Crippen LogP contribution >= 0.6 is 0 Å². The number of rotatable bonds is 17. The minimum Gasteiger partial charge on any atom is -0.491 e. The van der Waals surface area contributed by atoms with Gasteiger partial charge in [-0.2, -0.15) is 33.7 Å². The van der Waals surface area contributed by atoms with Crippen molar-refractivity contribution in [2.24, 2.45) is 0 Å². The van der Waals surface area contributed by atoms with E-state index in [-0.39, 0.29) is 5.75 Å². The SMILES string of the molecule is O=C(O)c1cc(OCC(COS(=O)(=O)O)OS(=O)(=O)O)ccc1OCC(COS(=O)(=O)O)OS(=O)(=O)O. The quantitative estimate of drug-likeness (QED) is 0.119. The number of ether oxygens (including phenoxy) is 2. The molecule has 0 fully saturated rings. The van der Waals surface area contributed by atoms with Crippen LogP contribution in [0.2, 0.25) is 0 Å². The molecule has 37 heavy (non-hydrogen) atoms. The normalized spacial score (nSPS) is 14.6. The van der Waals surface area contributed by atoms with Crippen LogP contribution in [0.25, 0.3) is 0 Å². The zero-order chi connectivity index (χ0) is 28.7. The highest BCUT2D eigenvalue weighted by atomic mass is 32.3. The highest BCUT2D eigenvalue weighted by Crippen LogP contribution is 2.25. The van der Waals surface area contributed by atoms with Crippen molar-refractivity contribution in [2.45, 2.75) is 12.2 Å². The van der Waals surface area contributed by atoms with E-state index in [1.165, 1.54) is 0 Å². The summed E-state index contributed by atoms with van der Waals surface area (Å²) in [6, 6.07) is 2.70. The standard InChI is InChI=1S/C13H18O20S4/c14-13(15)11-3-8(28-4-9(32-36(22,23)24)6-30-34(16,17)18)1-2-12(11)29-5-10(33-37(25,26)27)7-31-35(19,20)21/h1-3,9-10H,4-7H2,(H,14,15)(H,16,17,18)(H,19,20,21)(H,22,23,24)(H,25,26,27). The first-order valence-corrected chi connectivity index (χ1v) is 14.3. The van der Waals surface area contributed by atoms with Gasteiger partial charge < -0.3 is 14.6 Å². The molecule has 1 rings (SSSR count). The Morgan fingerprint density at radius 3 is 1.49 bits per heavy atom. The summed E-state index contributed by atoms with van der Waals surface area (Å²) in [7, 11) is -20.4. The average Bonchev–Trinajstić information content (AvgIpc) is 2.69. The second kappa shape index (κ2) is 13.0. The molecule has 0 aliphatic carbocycles. The van der Waals surface area contributed by atoms with Crippen molar-refractivity contribution in [2.75, 3.05) is 26.4 Å². The smallest absolute Gasteiger partial charge is 0.397 e. The Balaban J connectivity index is 3.03. The van der Waals surface area contributed by atoms with E-state index >= 15 is 0 Å². The van der Waals surface area contributed by atoms with Gasteiger partial charge in [-0.3, -0.25) is 18.2 Å². The number of carboxylic acid groups (broad SMARTS) is 1. The van der Waals surface area contributed by atoms with Gasteiger partial charge in [-0.25, -0.2) is 21.5 Å². The summed E-state index contributed by atoms with van der Waals surface area (Å²) in [5.41, 5.74) is -0.680. The van der Waals surface area contributed by atoms with E-state index in [1.807, 2.05) is 0 Å². The Kier molecular flexibility index (Phi) is 11.5. The fourth-order valence-electron chi connectivity index (χ4n) is 2.14. The topological polar surface area (TPSA) is 310 Å². The molecule has 0 spiro atoms. The maximum Gasteiger partial charge on any atom is 0.397 e. The molecule has 0 aliphatic heterocycles. The zero-order valence-corrected chi connectivity index (χ0v) is 21.0. The minimum absolute atomic E-state index is 0.332. The number of hydrogen-bond acceptors (Lipinski definition) is 15. The lowest BCUT2D eigenvalue weighted by Crippen LogP contribution is -2.31. The second-order valence-corrected chi connectivity index (χ2v) is 10.6. The number of aromatic carboxylic acids is 1. The Bertz CT molecular complexity index is 1360. The lowest BCUT2D eigenvalue weighted by molar-refractivity contribution is 0.0650. The van der Waals surface area contributed by atoms with E-state index in [9.17, 15) is 43.6 Å². The monoisotopic (exact) mass is 622 g/mol. The van der Waals surface area contributed by atoms with Crippen molar-refractivity contribution in [1.29, 1.82) is 0 Å². The van der Waals surface area contributed by atoms with E-state index in [2.05, 4.69) is 16.7 Å². The molecule has 0 saturated heterocycles. The Morgan fingerprint density at radius 1 is 0.676 bits per heavy atom. The van der Waals surface area contributed by atoms with Gasteiger partial charge in [0.2, 0.25) is 0 Å². The van der Waals surface area contributed by atoms with Crippen molar-refractivity contribution in [1.82, 2.24) is 0 Å². The van der Waals surface area contributed by atoms with Gasteiger partial charge in [-0.1, -0.05) is 0 Å². The van der Waals surface area contributed by atoms with Gasteiger partial charge in [0.25, 0.3) is 0 Å². The third-order valence-corrected chi connectivity index (χ3v) is 5.26. The van der Waals surface area contributed by atoms with Crippen LogP contribution in [-0.4, -0.2) is 102 Å². The van der Waals surface area contributed by atoms with Crippen molar-refractivity contribution < 1.29 is 88.0 Å². The predicted molar refractivity (Wildman–Crippen MR) is 112 cm³/mol. The molecule has 2 atom stereocenters. The molecule has 5 N–H and O–H groups in total. The number of carbonyl (C=O) groups is 1. The molecule has 1 aromatic rings. The lowest BCUT2D eigenvalue weighted by atomic mass is 10.2. The predicted octanol–water partition coefficient (Wildman–Crippen LogP) is -1.84. The van der Waals surface area contributed by atoms with Crippen LogP contribution in [0.5, 0.6) is 11.5 Å². The molecule has 20 nitrogen and oxygen atoms in total. The molecular weight excluding hydrogens is 604 g/mol. The van der Waals surface area contributed by atoms with Gasteiger partial charge >= 0.3 is 47.6 Å². The first-order valence-electron chi connectivity index (χ1n) is 8.81. The molecule has 0 heterocycles. The molecule has 1 aromatic carbocycles. The van der Waals surface area contributed by atoms with Gasteiger partial charge in [-0.15, -0.1) is 0 Å². The summed E-state index contributed by atoms with van der Waals surface area (Å²) in [4.78, 5) is 11.6. The summed E-state index contributed by atoms with van der Waals surface area (Å²) in [6.45, 7) is -4.19. The molecule has 0 radical (unpaired) electrons. The highest BCUT2D eigenvalue weighted by molar-refractivity contribution is 7.81. The molecule has 0 saturated carbocycles. The van der Waals surface area contributed by atoms with E-state index in [0.717, 1.165) is 18.2 Å². The Morgan fingerprint density at radius 2 is 1.11 bits per heavy atom. The first kappa shape index (κ1) is 32.8. The van der Waals surface area contributed by atoms with Crippen molar-refractivity contribution in [3.63, 3.8) is 0 Å². The van der Waals surface area contributed by atoms with Crippen molar-refractivity contribution >= 4 is 47.6 Å². The fraction of sp³-hybridized carbons (Fsp3) is 0.462. The first-order chi connectivity index (χ1) is 16.6. The Hall–Kier alpha value is -2.23. The molecule has 2 unspecified atom stereocenters. The summed E-state index contributed by atoms with van der Waals surface area (Å²) in [5, 5.41) is 9.36. The molecule has 0 aliphatic rings. The largest absolute Gasteiger partial charge is 0.491 e. The van der Waals surface area contributed by atoms with Crippen molar-refractivity contribution in [3.05, 3.63) is 23.8 Å². The molecule has 0 aromatic heterocycles. The van der Waals surface area contributed by atoms with Crippen LogP contribution in [0.1, 0.15) is 10.4 Å². The summed E-state index contributed by atoms with van der Waals surface area (Å²) < 4.78 is 147. The van der Waals surface area contributed by atoms with Gasteiger partial charge in [0, 0.05) is 0 Å². The fourth-order valence-corrected chi connectivity index (χ4v) is 3.70. The van der Waals surface area contributed by atoms with E-state index in [4.69, 9.17) is 27.7 Å². The Labute approximate surface area is 209 Å². The summed E-state index contributed by atoms with van der Waals surface area (Å²) in [5.74, 6) is -2.50. The van der Waals surface area contributed by atoms with Gasteiger partial charge in [0.05, 0.1) is 13.2 Å². The maximum absolute atomic E-state index is 11.6. The molecule has 0 amide bonds. The van der Waals surface area contributed by atoms with Crippen LogP contribution in [0.15, 0.2) is 18.2 Å². The molecule has 0 bridgehead atoms. The zero-order valence-electron chi connectivity index (χ0n) is 17.7. The molecule has 214 valence electrons. The maximum atomic E-state index is 11.6. The van der Waals surface area contributed by atoms with E-state index in [1.54, 1.807) is 0 Å². The van der Waals surface area contributed by atoms with Crippen LogP contribution in [0.4, 0.5) is 0 Å². The van der Waals surface area contributed by atoms with Crippen LogP contribution in [0.3, 0.4) is 0 Å². The van der Waals surface area contributed by atoms with Crippen molar-refractivity contribution in [3.8, 4) is 11.5 Å². The molecule has 24 heteroatoms. The van der Waals surface area contributed by atoms with Crippen LogP contribution in [-0.2, 0) is 58.3 Å². The number of carboxylic acids is 1. The molecular formula is C13H18O20S4. The third kappa shape index (κ3) is 15.6.